The minimum atomic E-state index is -1.08. The predicted octanol–water partition coefficient (Wildman–Crippen LogP) is 3.10. The normalized spacial score (nSPS) is 16.7. The van der Waals surface area contributed by atoms with E-state index in [2.05, 4.69) is 0 Å². The van der Waals surface area contributed by atoms with Gasteiger partial charge in [-0.05, 0) is 30.2 Å². The van der Waals surface area contributed by atoms with E-state index in [1.807, 2.05) is 49.4 Å². The van der Waals surface area contributed by atoms with Crippen LogP contribution < -0.4 is 4.74 Å². The lowest BCUT2D eigenvalue weighted by Gasteiger charge is -2.33. The van der Waals surface area contributed by atoms with Crippen molar-refractivity contribution in [2.75, 3.05) is 13.1 Å². The van der Waals surface area contributed by atoms with Crippen LogP contribution in [0, 0.1) is 6.92 Å². The summed E-state index contributed by atoms with van der Waals surface area (Å²) < 4.78 is 6.01. The number of likely N-dealkylation sites (tertiary alicyclic amines) is 1. The summed E-state index contributed by atoms with van der Waals surface area (Å²) in [5, 5.41) is 10.3. The van der Waals surface area contributed by atoms with Crippen molar-refractivity contribution in [1.29, 1.82) is 0 Å². The molecular weight excluding hydrogens is 302 g/mol. The van der Waals surface area contributed by atoms with Crippen LogP contribution in [0.4, 0.5) is 0 Å². The van der Waals surface area contributed by atoms with Crippen LogP contribution in [0.2, 0.25) is 0 Å². The summed E-state index contributed by atoms with van der Waals surface area (Å²) in [5.74, 6) is 0.652. The lowest BCUT2D eigenvalue weighted by Crippen LogP contribution is -2.43. The van der Waals surface area contributed by atoms with Gasteiger partial charge in [-0.15, -0.1) is 0 Å². The highest BCUT2D eigenvalue weighted by Crippen LogP contribution is 2.22. The molecule has 1 aliphatic heterocycles. The molecule has 0 radical (unpaired) electrons. The van der Waals surface area contributed by atoms with Gasteiger partial charge in [0.15, 0.2) is 6.10 Å². The fraction of sp³-hybridized carbons (Fsp3) is 0.350. The Bertz CT molecular complexity index is 678. The monoisotopic (exact) mass is 325 g/mol. The molecule has 0 saturated carbocycles. The summed E-state index contributed by atoms with van der Waals surface area (Å²) >= 11 is 0. The van der Waals surface area contributed by atoms with E-state index < -0.39 is 6.10 Å². The summed E-state index contributed by atoms with van der Waals surface area (Å²) in [7, 11) is 0. The van der Waals surface area contributed by atoms with E-state index in [-0.39, 0.29) is 12.0 Å². The van der Waals surface area contributed by atoms with Gasteiger partial charge in [0.2, 0.25) is 0 Å². The van der Waals surface area contributed by atoms with Crippen LogP contribution in [0.15, 0.2) is 54.6 Å². The average molecular weight is 325 g/mol. The van der Waals surface area contributed by atoms with Crippen molar-refractivity contribution in [1.82, 2.24) is 4.90 Å². The second-order valence-electron chi connectivity index (χ2n) is 6.27. The van der Waals surface area contributed by atoms with Crippen LogP contribution in [-0.4, -0.2) is 35.1 Å². The molecule has 0 spiro atoms. The predicted molar refractivity (Wildman–Crippen MR) is 92.8 cm³/mol. The zero-order valence-electron chi connectivity index (χ0n) is 13.9. The van der Waals surface area contributed by atoms with Crippen molar-refractivity contribution < 1.29 is 14.6 Å². The number of rotatable bonds is 4. The smallest absolute Gasteiger partial charge is 0.256 e. The number of ether oxygens (including phenoxy) is 1. The van der Waals surface area contributed by atoms with E-state index in [1.54, 1.807) is 17.0 Å². The number of nitrogens with zero attached hydrogens (tertiary/aromatic N) is 1. The molecule has 1 saturated heterocycles. The highest BCUT2D eigenvalue weighted by atomic mass is 16.5. The SMILES string of the molecule is Cc1cccc(OC2CCN(C(=O)[C@H](O)c3ccccc3)CC2)c1. The van der Waals surface area contributed by atoms with Gasteiger partial charge in [0.05, 0.1) is 0 Å². The van der Waals surface area contributed by atoms with Gasteiger partial charge in [-0.1, -0.05) is 42.5 Å². The third-order valence-electron chi connectivity index (χ3n) is 4.40. The molecule has 1 aliphatic rings. The van der Waals surface area contributed by atoms with Gasteiger partial charge < -0.3 is 14.7 Å². The maximum absolute atomic E-state index is 12.4. The Kier molecular flexibility index (Phi) is 5.16. The van der Waals surface area contributed by atoms with E-state index in [4.69, 9.17) is 4.74 Å². The fourth-order valence-corrected chi connectivity index (χ4v) is 3.03. The molecule has 2 aromatic carbocycles. The Morgan fingerprint density at radius 3 is 2.50 bits per heavy atom. The van der Waals surface area contributed by atoms with Crippen molar-refractivity contribution in [3.8, 4) is 5.75 Å². The highest BCUT2D eigenvalue weighted by molar-refractivity contribution is 5.82. The van der Waals surface area contributed by atoms with Gasteiger partial charge in [0.1, 0.15) is 11.9 Å². The van der Waals surface area contributed by atoms with E-state index in [9.17, 15) is 9.90 Å². The van der Waals surface area contributed by atoms with Crippen LogP contribution in [0.25, 0.3) is 0 Å². The minimum Gasteiger partial charge on any atom is -0.490 e. The first-order valence-corrected chi connectivity index (χ1v) is 8.38. The Hall–Kier alpha value is -2.33. The Morgan fingerprint density at radius 1 is 1.12 bits per heavy atom. The standard InChI is InChI=1S/C20H23NO3/c1-15-6-5-9-18(14-15)24-17-10-12-21(13-11-17)20(23)19(22)16-7-3-2-4-8-16/h2-9,14,17,19,22H,10-13H2,1H3/t19-/m1/s1. The average Bonchev–Trinajstić information content (AvgIpc) is 2.62. The lowest BCUT2D eigenvalue weighted by molar-refractivity contribution is -0.142. The van der Waals surface area contributed by atoms with Gasteiger partial charge >= 0.3 is 0 Å². The summed E-state index contributed by atoms with van der Waals surface area (Å²) in [4.78, 5) is 14.2. The van der Waals surface area contributed by atoms with Crippen LogP contribution in [0.1, 0.15) is 30.1 Å². The summed E-state index contributed by atoms with van der Waals surface area (Å²) in [6.07, 6.45) is 0.590. The molecular formula is C20H23NO3. The molecule has 0 aromatic heterocycles. The number of aliphatic hydroxyl groups is 1. The highest BCUT2D eigenvalue weighted by Gasteiger charge is 2.28. The number of aryl methyl sites for hydroxylation is 1. The topological polar surface area (TPSA) is 49.8 Å². The van der Waals surface area contributed by atoms with Gasteiger partial charge in [-0.25, -0.2) is 0 Å². The molecule has 4 heteroatoms. The van der Waals surface area contributed by atoms with Crippen molar-refractivity contribution in [3.63, 3.8) is 0 Å². The molecule has 24 heavy (non-hydrogen) atoms. The van der Waals surface area contributed by atoms with Crippen molar-refractivity contribution in [3.05, 3.63) is 65.7 Å². The number of piperidine rings is 1. The molecule has 1 atom stereocenters. The van der Waals surface area contributed by atoms with E-state index in [0.717, 1.165) is 18.6 Å². The number of carbonyl (C=O) groups excluding carboxylic acids is 1. The molecule has 126 valence electrons. The molecule has 1 fully saturated rings. The van der Waals surface area contributed by atoms with Gasteiger partial charge in [-0.2, -0.15) is 0 Å². The molecule has 1 N–H and O–H groups in total. The quantitative estimate of drug-likeness (QED) is 0.940. The Labute approximate surface area is 142 Å². The second kappa shape index (κ2) is 7.49. The number of hydrogen-bond acceptors (Lipinski definition) is 3. The van der Waals surface area contributed by atoms with Crippen molar-refractivity contribution >= 4 is 5.91 Å². The zero-order chi connectivity index (χ0) is 16.9. The number of hydrogen-bond donors (Lipinski definition) is 1. The Morgan fingerprint density at radius 2 is 1.83 bits per heavy atom. The minimum absolute atomic E-state index is 0.115. The molecule has 2 aromatic rings. The molecule has 0 unspecified atom stereocenters. The van der Waals surface area contributed by atoms with Crippen molar-refractivity contribution in [2.45, 2.75) is 32.0 Å². The van der Waals surface area contributed by atoms with Crippen molar-refractivity contribution in [2.24, 2.45) is 0 Å². The second-order valence-corrected chi connectivity index (χ2v) is 6.27. The first-order chi connectivity index (χ1) is 11.6. The molecule has 0 aliphatic carbocycles. The fourth-order valence-electron chi connectivity index (χ4n) is 3.03. The summed E-state index contributed by atoms with van der Waals surface area (Å²) in [6, 6.07) is 17.1. The third kappa shape index (κ3) is 3.95. The number of carbonyl (C=O) groups is 1. The van der Waals surface area contributed by atoms with Gasteiger partial charge in [-0.3, -0.25) is 4.79 Å². The molecule has 4 nitrogen and oxygen atoms in total. The molecule has 1 heterocycles. The third-order valence-corrected chi connectivity index (χ3v) is 4.40. The lowest BCUT2D eigenvalue weighted by atomic mass is 10.0. The van der Waals surface area contributed by atoms with E-state index >= 15 is 0 Å². The van der Waals surface area contributed by atoms with Crippen LogP contribution in [0.3, 0.4) is 0 Å². The van der Waals surface area contributed by atoms with Gasteiger partial charge in [0, 0.05) is 25.9 Å². The first kappa shape index (κ1) is 16.5. The summed E-state index contributed by atoms with van der Waals surface area (Å²) in [5.41, 5.74) is 1.81. The maximum atomic E-state index is 12.4. The maximum Gasteiger partial charge on any atom is 0.256 e. The summed E-state index contributed by atoms with van der Waals surface area (Å²) in [6.45, 7) is 3.26. The molecule has 0 bridgehead atoms. The van der Waals surface area contributed by atoms with Crippen LogP contribution in [0.5, 0.6) is 5.75 Å². The first-order valence-electron chi connectivity index (χ1n) is 8.38. The van der Waals surface area contributed by atoms with E-state index in [0.29, 0.717) is 18.7 Å². The number of aliphatic hydroxyl groups excluding tert-OH is 1. The molecule has 3 rings (SSSR count). The Balaban J connectivity index is 1.54. The van der Waals surface area contributed by atoms with Crippen LogP contribution >= 0.6 is 0 Å². The number of benzene rings is 2. The molecule has 1 amide bonds. The van der Waals surface area contributed by atoms with Gasteiger partial charge in [0.25, 0.3) is 5.91 Å². The largest absolute Gasteiger partial charge is 0.490 e. The zero-order valence-corrected chi connectivity index (χ0v) is 13.9. The number of amides is 1. The van der Waals surface area contributed by atoms with Crippen LogP contribution in [-0.2, 0) is 4.79 Å². The van der Waals surface area contributed by atoms with E-state index in [1.165, 1.54) is 5.56 Å².